The lowest BCUT2D eigenvalue weighted by Gasteiger charge is -2.25. The molecule has 3 N–H and O–H groups in total. The predicted molar refractivity (Wildman–Crippen MR) is 95.3 cm³/mol. The van der Waals surface area contributed by atoms with E-state index in [-0.39, 0.29) is 30.9 Å². The van der Waals surface area contributed by atoms with Crippen LogP contribution in [-0.2, 0) is 15.1 Å². The molecule has 142 valence electrons. The minimum Gasteiger partial charge on any atom is -0.351 e. The summed E-state index contributed by atoms with van der Waals surface area (Å²) in [7, 11) is 0. The van der Waals surface area contributed by atoms with Crippen LogP contribution in [0.5, 0.6) is 0 Å². The maximum Gasteiger partial charge on any atom is 0.325 e. The van der Waals surface area contributed by atoms with Gasteiger partial charge in [0.2, 0.25) is 5.91 Å². The monoisotopic (exact) mass is 384 g/mol. The molecule has 7 nitrogen and oxygen atoms in total. The molecule has 2 aliphatic rings. The summed E-state index contributed by atoms with van der Waals surface area (Å²) in [5, 5.41) is 8.62. The van der Waals surface area contributed by atoms with Gasteiger partial charge in [0.25, 0.3) is 5.91 Å². The summed E-state index contributed by atoms with van der Waals surface area (Å²) in [6, 6.07) is 4.73. The van der Waals surface area contributed by atoms with Crippen LogP contribution in [0.3, 0.4) is 0 Å². The fraction of sp³-hybridized carbons (Fsp3) is 0.471. The normalized spacial score (nSPS) is 25.5. The molecule has 2 atom stereocenters. The van der Waals surface area contributed by atoms with Crippen molar-refractivity contribution in [2.45, 2.75) is 31.3 Å². The molecule has 4 amide bonds. The molecule has 0 aliphatic carbocycles. The number of piperidine rings is 1. The molecule has 2 fully saturated rings. The van der Waals surface area contributed by atoms with Crippen molar-refractivity contribution in [1.29, 1.82) is 0 Å². The molecule has 0 spiro atoms. The third-order valence-corrected chi connectivity index (χ3v) is 4.66. The molecule has 3 rings (SSSR count). The molecular formula is C17H22ClFN4O3. The molecule has 9 heteroatoms. The fourth-order valence-corrected chi connectivity index (χ4v) is 3.21. The van der Waals surface area contributed by atoms with Gasteiger partial charge in [-0.1, -0.05) is 12.1 Å². The number of benzene rings is 1. The quantitative estimate of drug-likeness (QED) is 0.672. The van der Waals surface area contributed by atoms with E-state index >= 15 is 0 Å². The maximum absolute atomic E-state index is 13.1. The predicted octanol–water partition coefficient (Wildman–Crippen LogP) is 0.883. The Kier molecular flexibility index (Phi) is 6.20. The van der Waals surface area contributed by atoms with Gasteiger partial charge in [-0.15, -0.1) is 12.4 Å². The average Bonchev–Trinajstić information content (AvgIpc) is 2.80. The van der Waals surface area contributed by atoms with Crippen molar-refractivity contribution in [2.75, 3.05) is 19.6 Å². The van der Waals surface area contributed by atoms with Gasteiger partial charge < -0.3 is 16.0 Å². The number of hydrogen-bond donors (Lipinski definition) is 3. The van der Waals surface area contributed by atoms with Gasteiger partial charge in [-0.3, -0.25) is 14.5 Å². The number of urea groups is 1. The van der Waals surface area contributed by atoms with Gasteiger partial charge in [-0.05, 0) is 44.0 Å². The highest BCUT2D eigenvalue weighted by molar-refractivity contribution is 6.09. The van der Waals surface area contributed by atoms with Gasteiger partial charge >= 0.3 is 6.03 Å². The number of carbonyl (C=O) groups excluding carboxylic acids is 3. The topological polar surface area (TPSA) is 90.5 Å². The van der Waals surface area contributed by atoms with E-state index in [0.717, 1.165) is 24.3 Å². The Labute approximate surface area is 157 Å². The van der Waals surface area contributed by atoms with Crippen molar-refractivity contribution in [3.63, 3.8) is 0 Å². The Morgan fingerprint density at radius 3 is 2.65 bits per heavy atom. The molecule has 0 saturated carbocycles. The van der Waals surface area contributed by atoms with Crippen LogP contribution >= 0.6 is 12.4 Å². The van der Waals surface area contributed by atoms with Crippen LogP contribution in [0.25, 0.3) is 0 Å². The third-order valence-electron chi connectivity index (χ3n) is 4.66. The summed E-state index contributed by atoms with van der Waals surface area (Å²) in [5.41, 5.74) is -0.844. The van der Waals surface area contributed by atoms with E-state index in [2.05, 4.69) is 16.0 Å². The van der Waals surface area contributed by atoms with Crippen molar-refractivity contribution < 1.29 is 18.8 Å². The zero-order valence-corrected chi connectivity index (χ0v) is 15.2. The molecular weight excluding hydrogens is 363 g/mol. The highest BCUT2D eigenvalue weighted by Crippen LogP contribution is 2.28. The maximum atomic E-state index is 13.1. The Bertz CT molecular complexity index is 694. The van der Waals surface area contributed by atoms with Crippen LogP contribution in [-0.4, -0.2) is 48.4 Å². The Hall–Kier alpha value is -2.19. The van der Waals surface area contributed by atoms with Crippen LogP contribution in [0.4, 0.5) is 9.18 Å². The van der Waals surface area contributed by atoms with E-state index in [1.54, 1.807) is 6.92 Å². The Morgan fingerprint density at radius 1 is 1.35 bits per heavy atom. The lowest BCUT2D eigenvalue weighted by atomic mass is 9.92. The van der Waals surface area contributed by atoms with Crippen molar-refractivity contribution >= 4 is 30.3 Å². The number of amides is 4. The van der Waals surface area contributed by atoms with E-state index in [4.69, 9.17) is 0 Å². The highest BCUT2D eigenvalue weighted by atomic mass is 35.5. The lowest BCUT2D eigenvalue weighted by Crippen LogP contribution is -2.49. The highest BCUT2D eigenvalue weighted by Gasteiger charge is 2.49. The number of carbonyl (C=O) groups is 3. The van der Waals surface area contributed by atoms with E-state index in [1.165, 1.54) is 24.3 Å². The summed E-state index contributed by atoms with van der Waals surface area (Å²) in [6.07, 6.45) is 1.84. The van der Waals surface area contributed by atoms with Gasteiger partial charge in [0.15, 0.2) is 0 Å². The van der Waals surface area contributed by atoms with Crippen molar-refractivity contribution in [2.24, 2.45) is 0 Å². The largest absolute Gasteiger partial charge is 0.351 e. The van der Waals surface area contributed by atoms with E-state index < -0.39 is 23.3 Å². The number of hydrogen-bond acceptors (Lipinski definition) is 4. The minimum absolute atomic E-state index is 0. The van der Waals surface area contributed by atoms with Crippen molar-refractivity contribution in [1.82, 2.24) is 20.9 Å². The van der Waals surface area contributed by atoms with Crippen LogP contribution in [0.2, 0.25) is 0 Å². The zero-order valence-electron chi connectivity index (χ0n) is 14.4. The lowest BCUT2D eigenvalue weighted by molar-refractivity contribution is -0.135. The second-order valence-corrected chi connectivity index (χ2v) is 6.56. The molecule has 2 unspecified atom stereocenters. The van der Waals surface area contributed by atoms with Crippen LogP contribution < -0.4 is 16.0 Å². The second-order valence-electron chi connectivity index (χ2n) is 6.56. The number of nitrogens with zero attached hydrogens (tertiary/aromatic N) is 1. The molecule has 26 heavy (non-hydrogen) atoms. The summed E-state index contributed by atoms with van der Waals surface area (Å²) in [4.78, 5) is 38.0. The Morgan fingerprint density at radius 2 is 2.04 bits per heavy atom. The first-order valence-corrected chi connectivity index (χ1v) is 8.30. The SMILES string of the molecule is CC1(c2ccc(F)cc2)NC(=O)N(CC(=O)NC2CCCNC2)C1=O.Cl. The van der Waals surface area contributed by atoms with Crippen LogP contribution in [0, 0.1) is 5.82 Å². The first-order valence-electron chi connectivity index (χ1n) is 8.30. The molecule has 2 aliphatic heterocycles. The standard InChI is InChI=1S/C17H21FN4O3.ClH/c1-17(11-4-6-12(18)7-5-11)15(24)22(16(25)21-17)10-14(23)20-13-3-2-8-19-9-13;/h4-7,13,19H,2-3,8-10H2,1H3,(H,20,23)(H,21,25);1H. The molecule has 0 radical (unpaired) electrons. The van der Waals surface area contributed by atoms with Gasteiger partial charge in [0.05, 0.1) is 0 Å². The summed E-state index contributed by atoms with van der Waals surface area (Å²) >= 11 is 0. The third kappa shape index (κ3) is 3.96. The number of rotatable bonds is 4. The van der Waals surface area contributed by atoms with E-state index in [1.807, 2.05) is 0 Å². The zero-order chi connectivity index (χ0) is 18.0. The molecule has 1 aromatic carbocycles. The van der Waals surface area contributed by atoms with Crippen LogP contribution in [0.15, 0.2) is 24.3 Å². The summed E-state index contributed by atoms with van der Waals surface area (Å²) in [6.45, 7) is 2.82. The smallest absolute Gasteiger partial charge is 0.325 e. The van der Waals surface area contributed by atoms with Crippen molar-refractivity contribution in [3.05, 3.63) is 35.6 Å². The molecule has 1 aromatic rings. The van der Waals surface area contributed by atoms with Crippen LogP contribution in [0.1, 0.15) is 25.3 Å². The van der Waals surface area contributed by atoms with Gasteiger partial charge in [-0.2, -0.15) is 0 Å². The van der Waals surface area contributed by atoms with Crippen molar-refractivity contribution in [3.8, 4) is 0 Å². The van der Waals surface area contributed by atoms with Gasteiger partial charge in [0, 0.05) is 12.6 Å². The number of nitrogens with one attached hydrogen (secondary N) is 3. The number of halogens is 2. The van der Waals surface area contributed by atoms with Gasteiger partial charge in [-0.25, -0.2) is 9.18 Å². The first kappa shape index (κ1) is 20.1. The summed E-state index contributed by atoms with van der Waals surface area (Å²) in [5.74, 6) is -1.33. The first-order chi connectivity index (χ1) is 11.9. The second kappa shape index (κ2) is 8.01. The molecule has 0 aromatic heterocycles. The molecule has 2 saturated heterocycles. The Balaban J connectivity index is 0.00000243. The molecule has 0 bridgehead atoms. The van der Waals surface area contributed by atoms with Gasteiger partial charge in [0.1, 0.15) is 17.9 Å². The average molecular weight is 385 g/mol. The van der Waals surface area contributed by atoms with E-state index in [9.17, 15) is 18.8 Å². The summed E-state index contributed by atoms with van der Waals surface area (Å²) < 4.78 is 13.1. The minimum atomic E-state index is -1.31. The molecule has 2 heterocycles. The van der Waals surface area contributed by atoms with E-state index in [0.29, 0.717) is 12.1 Å². The fourth-order valence-electron chi connectivity index (χ4n) is 3.21. The number of imide groups is 1.